The molecule has 3 aromatic heterocycles. The quantitative estimate of drug-likeness (QED) is 0.580. The summed E-state index contributed by atoms with van der Waals surface area (Å²) in [4.78, 5) is 18.0. The van der Waals surface area contributed by atoms with Crippen molar-refractivity contribution in [3.63, 3.8) is 0 Å². The van der Waals surface area contributed by atoms with E-state index in [9.17, 15) is 18.0 Å². The number of hydrogen-bond acceptors (Lipinski definition) is 2. The van der Waals surface area contributed by atoms with Gasteiger partial charge >= 0.3 is 6.18 Å². The predicted octanol–water partition coefficient (Wildman–Crippen LogP) is 4.38. The number of benzene rings is 1. The summed E-state index contributed by atoms with van der Waals surface area (Å²) in [6.45, 7) is 0. The molecule has 0 aliphatic carbocycles. The van der Waals surface area contributed by atoms with Crippen LogP contribution in [0.2, 0.25) is 0 Å². The van der Waals surface area contributed by atoms with E-state index in [2.05, 4.69) is 9.97 Å². The van der Waals surface area contributed by atoms with Crippen LogP contribution >= 0.6 is 0 Å². The average Bonchev–Trinajstić information content (AvgIpc) is 3.10. The normalized spacial score (nSPS) is 11.8. The summed E-state index contributed by atoms with van der Waals surface area (Å²) in [7, 11) is 0. The molecular formula is C19H12F3N3O. The van der Waals surface area contributed by atoms with Crippen molar-refractivity contribution in [3.8, 4) is 22.3 Å². The van der Waals surface area contributed by atoms with Gasteiger partial charge in [-0.3, -0.25) is 4.79 Å². The van der Waals surface area contributed by atoms with Crippen LogP contribution in [0.15, 0.2) is 72.2 Å². The second-order valence-electron chi connectivity index (χ2n) is 5.85. The van der Waals surface area contributed by atoms with Crippen molar-refractivity contribution in [1.82, 2.24) is 14.4 Å². The third-order valence-corrected chi connectivity index (χ3v) is 4.14. The lowest BCUT2D eigenvalue weighted by atomic mass is 10.00. The Balaban J connectivity index is 1.92. The second-order valence-corrected chi connectivity index (χ2v) is 5.85. The van der Waals surface area contributed by atoms with Gasteiger partial charge in [0.25, 0.3) is 0 Å². The zero-order valence-corrected chi connectivity index (χ0v) is 13.3. The number of halogens is 3. The minimum Gasteiger partial charge on any atom is -0.328 e. The molecule has 0 fully saturated rings. The van der Waals surface area contributed by atoms with E-state index >= 15 is 0 Å². The molecule has 0 unspecified atom stereocenters. The monoisotopic (exact) mass is 355 g/mol. The highest BCUT2D eigenvalue weighted by Gasteiger charge is 2.30. The van der Waals surface area contributed by atoms with E-state index in [1.54, 1.807) is 47.5 Å². The molecule has 0 aliphatic heterocycles. The van der Waals surface area contributed by atoms with Gasteiger partial charge in [-0.2, -0.15) is 13.2 Å². The first-order valence-electron chi connectivity index (χ1n) is 7.74. The van der Waals surface area contributed by atoms with Crippen molar-refractivity contribution in [3.05, 3.63) is 83.3 Å². The van der Waals surface area contributed by atoms with Crippen LogP contribution in [0.1, 0.15) is 5.56 Å². The maximum absolute atomic E-state index is 13.0. The zero-order chi connectivity index (χ0) is 18.3. The Morgan fingerprint density at radius 2 is 1.85 bits per heavy atom. The van der Waals surface area contributed by atoms with Crippen molar-refractivity contribution in [2.75, 3.05) is 0 Å². The van der Waals surface area contributed by atoms with Gasteiger partial charge in [0.1, 0.15) is 0 Å². The maximum atomic E-state index is 13.0. The molecule has 1 aromatic carbocycles. The molecule has 0 spiro atoms. The summed E-state index contributed by atoms with van der Waals surface area (Å²) in [5.41, 5.74) is 2.41. The Bertz CT molecular complexity index is 1140. The van der Waals surface area contributed by atoms with Crippen LogP contribution in [0, 0.1) is 0 Å². The van der Waals surface area contributed by atoms with E-state index in [0.717, 1.165) is 28.8 Å². The van der Waals surface area contributed by atoms with E-state index in [1.165, 1.54) is 12.1 Å². The summed E-state index contributed by atoms with van der Waals surface area (Å²) < 4.78 is 40.8. The molecule has 7 heteroatoms. The highest BCUT2D eigenvalue weighted by atomic mass is 19.4. The number of nitrogens with one attached hydrogen (secondary N) is 1. The fraction of sp³-hybridized carbons (Fsp3) is 0.0526. The topological polar surface area (TPSA) is 50.2 Å². The third kappa shape index (κ3) is 2.88. The van der Waals surface area contributed by atoms with Gasteiger partial charge in [0.2, 0.25) is 5.56 Å². The number of nitrogens with zero attached hydrogens (tertiary/aromatic N) is 2. The summed E-state index contributed by atoms with van der Waals surface area (Å²) in [5.74, 6) is 0. The molecule has 0 bridgehead atoms. The summed E-state index contributed by atoms with van der Waals surface area (Å²) in [5, 5.41) is 0. The molecule has 0 amide bonds. The van der Waals surface area contributed by atoms with E-state index in [4.69, 9.17) is 0 Å². The highest BCUT2D eigenvalue weighted by Crippen LogP contribution is 2.34. The van der Waals surface area contributed by atoms with E-state index in [0.29, 0.717) is 11.1 Å². The van der Waals surface area contributed by atoms with Crippen LogP contribution in [0.5, 0.6) is 0 Å². The van der Waals surface area contributed by atoms with Gasteiger partial charge in [0.05, 0.1) is 23.6 Å². The van der Waals surface area contributed by atoms with Crippen LogP contribution < -0.4 is 5.56 Å². The van der Waals surface area contributed by atoms with Crippen molar-refractivity contribution in [2.45, 2.75) is 6.18 Å². The van der Waals surface area contributed by atoms with E-state index in [1.807, 2.05) is 0 Å². The number of H-pyrrole nitrogens is 1. The third-order valence-electron chi connectivity index (χ3n) is 4.14. The van der Waals surface area contributed by atoms with Gasteiger partial charge in [0, 0.05) is 29.6 Å². The Morgan fingerprint density at radius 1 is 1.00 bits per heavy atom. The first kappa shape index (κ1) is 16.1. The van der Waals surface area contributed by atoms with Crippen LogP contribution in [0.3, 0.4) is 0 Å². The van der Waals surface area contributed by atoms with Gasteiger partial charge in [-0.15, -0.1) is 0 Å². The van der Waals surface area contributed by atoms with Gasteiger partial charge in [0.15, 0.2) is 0 Å². The van der Waals surface area contributed by atoms with Crippen molar-refractivity contribution < 1.29 is 13.2 Å². The predicted molar refractivity (Wildman–Crippen MR) is 91.7 cm³/mol. The minimum atomic E-state index is -4.41. The summed E-state index contributed by atoms with van der Waals surface area (Å²) in [6.07, 6.45) is 2.14. The smallest absolute Gasteiger partial charge is 0.328 e. The van der Waals surface area contributed by atoms with Gasteiger partial charge in [-0.05, 0) is 35.4 Å². The molecule has 3 heterocycles. The lowest BCUT2D eigenvalue weighted by Crippen LogP contribution is -2.04. The number of aromatic amines is 1. The van der Waals surface area contributed by atoms with Gasteiger partial charge in [-0.1, -0.05) is 12.1 Å². The molecule has 0 saturated carbocycles. The molecule has 0 radical (unpaired) electrons. The zero-order valence-electron chi connectivity index (χ0n) is 13.3. The first-order valence-corrected chi connectivity index (χ1v) is 7.74. The molecule has 26 heavy (non-hydrogen) atoms. The van der Waals surface area contributed by atoms with Crippen LogP contribution in [-0.2, 0) is 6.18 Å². The molecule has 1 N–H and O–H groups in total. The number of hydrogen-bond donors (Lipinski definition) is 1. The van der Waals surface area contributed by atoms with E-state index < -0.39 is 11.7 Å². The van der Waals surface area contributed by atoms with E-state index in [-0.39, 0.29) is 5.56 Å². The molecular weight excluding hydrogens is 343 g/mol. The largest absolute Gasteiger partial charge is 0.416 e. The Labute approximate surface area is 145 Å². The molecule has 130 valence electrons. The Hall–Kier alpha value is -3.35. The summed E-state index contributed by atoms with van der Waals surface area (Å²) in [6, 6.07) is 10.0. The van der Waals surface area contributed by atoms with Gasteiger partial charge in [-0.25, -0.2) is 4.98 Å². The van der Waals surface area contributed by atoms with Crippen LogP contribution in [0.25, 0.3) is 27.8 Å². The lowest BCUT2D eigenvalue weighted by Gasteiger charge is -2.11. The lowest BCUT2D eigenvalue weighted by molar-refractivity contribution is -0.137. The number of pyridine rings is 2. The molecule has 4 nitrogen and oxygen atoms in total. The van der Waals surface area contributed by atoms with Crippen LogP contribution in [0.4, 0.5) is 13.2 Å². The Kier molecular flexibility index (Phi) is 3.64. The summed E-state index contributed by atoms with van der Waals surface area (Å²) >= 11 is 0. The standard InChI is InChI=1S/C19H12F3N3O/c20-19(21,22)15-3-1-2-12(6-15)14-7-16(13-4-5-18(26)24-8-13)17-9-23-11-25(17)10-14/h1-11H,(H,24,26). The van der Waals surface area contributed by atoms with Crippen molar-refractivity contribution >= 4 is 5.52 Å². The van der Waals surface area contributed by atoms with Crippen LogP contribution in [-0.4, -0.2) is 14.4 Å². The fourth-order valence-electron chi connectivity index (χ4n) is 2.87. The number of rotatable bonds is 2. The molecule has 4 rings (SSSR count). The average molecular weight is 355 g/mol. The fourth-order valence-corrected chi connectivity index (χ4v) is 2.87. The molecule has 0 atom stereocenters. The molecule has 0 aliphatic rings. The minimum absolute atomic E-state index is 0.229. The molecule has 4 aromatic rings. The molecule has 0 saturated heterocycles. The van der Waals surface area contributed by atoms with Crippen molar-refractivity contribution in [1.29, 1.82) is 0 Å². The number of aromatic nitrogens is 3. The second kappa shape index (κ2) is 5.87. The maximum Gasteiger partial charge on any atom is 0.416 e. The first-order chi connectivity index (χ1) is 12.4. The number of alkyl halides is 3. The van der Waals surface area contributed by atoms with Gasteiger partial charge < -0.3 is 9.38 Å². The Morgan fingerprint density at radius 3 is 2.58 bits per heavy atom. The van der Waals surface area contributed by atoms with Crippen molar-refractivity contribution in [2.24, 2.45) is 0 Å². The highest BCUT2D eigenvalue weighted by molar-refractivity contribution is 5.83. The number of fused-ring (bicyclic) bond motifs is 1. The number of imidazole rings is 1. The SMILES string of the molecule is O=c1ccc(-c2cc(-c3cccc(C(F)(F)F)c3)cn3cncc23)c[nH]1.